The molecular weight excluding hydrogens is 533 g/mol. The van der Waals surface area contributed by atoms with Gasteiger partial charge in [-0.1, -0.05) is 12.1 Å². The molecule has 6 nitrogen and oxygen atoms in total. The zero-order chi connectivity index (χ0) is 18.9. The molecule has 0 saturated carbocycles. The number of rotatable bonds is 9. The summed E-state index contributed by atoms with van der Waals surface area (Å²) in [7, 11) is -2.96. The number of halogens is 2. The predicted molar refractivity (Wildman–Crippen MR) is 123 cm³/mol. The van der Waals surface area contributed by atoms with Gasteiger partial charge in [0, 0.05) is 18.8 Å². The molecule has 0 aliphatic rings. The lowest BCUT2D eigenvalue weighted by Crippen LogP contribution is -2.43. The molecule has 1 aromatic carbocycles. The highest BCUT2D eigenvalue weighted by Gasteiger charge is 2.11. The molecule has 0 aliphatic heterocycles. The van der Waals surface area contributed by atoms with Gasteiger partial charge >= 0.3 is 0 Å². The first-order valence-corrected chi connectivity index (χ1v) is 11.2. The lowest BCUT2D eigenvalue weighted by Gasteiger charge is -2.19. The molecule has 0 saturated heterocycles. The SMILES string of the molecule is CCNC(=NCC(C)Oc1ccccc1Br)NC(C)CCS(C)(=O)=O.I. The molecule has 2 N–H and O–H groups in total. The van der Waals surface area contributed by atoms with Crippen LogP contribution >= 0.6 is 39.9 Å². The maximum absolute atomic E-state index is 11.3. The Balaban J connectivity index is 0.00000625. The number of para-hydroxylation sites is 1. The molecule has 150 valence electrons. The van der Waals surface area contributed by atoms with Crippen LogP contribution in [0.2, 0.25) is 0 Å². The van der Waals surface area contributed by atoms with Crippen molar-refractivity contribution in [1.29, 1.82) is 0 Å². The summed E-state index contributed by atoms with van der Waals surface area (Å²) in [5.41, 5.74) is 0. The van der Waals surface area contributed by atoms with E-state index in [1.165, 1.54) is 6.26 Å². The second-order valence-electron chi connectivity index (χ2n) is 6.04. The number of nitrogens with zero attached hydrogens (tertiary/aromatic N) is 1. The third-order valence-electron chi connectivity index (χ3n) is 3.32. The van der Waals surface area contributed by atoms with E-state index in [2.05, 4.69) is 31.6 Å². The van der Waals surface area contributed by atoms with Crippen molar-refractivity contribution in [1.82, 2.24) is 10.6 Å². The van der Waals surface area contributed by atoms with Gasteiger partial charge in [-0.3, -0.25) is 0 Å². The Bertz CT molecular complexity index is 671. The van der Waals surface area contributed by atoms with Crippen LogP contribution in [0.15, 0.2) is 33.7 Å². The van der Waals surface area contributed by atoms with E-state index in [9.17, 15) is 8.42 Å². The van der Waals surface area contributed by atoms with E-state index in [0.29, 0.717) is 18.9 Å². The number of guanidine groups is 1. The molecular formula is C17H29BrIN3O3S. The van der Waals surface area contributed by atoms with Crippen LogP contribution < -0.4 is 15.4 Å². The van der Waals surface area contributed by atoms with E-state index < -0.39 is 9.84 Å². The normalized spacial score (nSPS) is 14.1. The van der Waals surface area contributed by atoms with Gasteiger partial charge in [0.05, 0.1) is 16.8 Å². The molecule has 1 aromatic rings. The van der Waals surface area contributed by atoms with Gasteiger partial charge in [-0.05, 0) is 55.3 Å². The molecule has 0 heterocycles. The molecule has 0 spiro atoms. The molecule has 0 bridgehead atoms. The van der Waals surface area contributed by atoms with E-state index in [4.69, 9.17) is 4.74 Å². The average molecular weight is 562 g/mol. The second-order valence-corrected chi connectivity index (χ2v) is 9.16. The summed E-state index contributed by atoms with van der Waals surface area (Å²) in [4.78, 5) is 4.53. The van der Waals surface area contributed by atoms with Crippen molar-refractivity contribution in [3.05, 3.63) is 28.7 Å². The highest BCUT2D eigenvalue weighted by atomic mass is 127. The van der Waals surface area contributed by atoms with Crippen molar-refractivity contribution in [2.45, 2.75) is 39.3 Å². The summed E-state index contributed by atoms with van der Waals surface area (Å²) in [6, 6.07) is 7.70. The number of hydrogen-bond acceptors (Lipinski definition) is 4. The molecule has 2 atom stereocenters. The first-order valence-electron chi connectivity index (χ1n) is 8.35. The number of benzene rings is 1. The highest BCUT2D eigenvalue weighted by molar-refractivity contribution is 14.0. The van der Waals surface area contributed by atoms with Crippen LogP contribution in [-0.2, 0) is 9.84 Å². The number of sulfone groups is 1. The Labute approximate surface area is 182 Å². The second kappa shape index (κ2) is 12.8. The zero-order valence-electron chi connectivity index (χ0n) is 15.7. The lowest BCUT2D eigenvalue weighted by atomic mass is 10.3. The van der Waals surface area contributed by atoms with Crippen LogP contribution in [0.3, 0.4) is 0 Å². The van der Waals surface area contributed by atoms with Gasteiger partial charge in [-0.2, -0.15) is 0 Å². The summed E-state index contributed by atoms with van der Waals surface area (Å²) in [5, 5.41) is 6.40. The number of ether oxygens (including phenoxy) is 1. The van der Waals surface area contributed by atoms with E-state index in [-0.39, 0.29) is 41.9 Å². The summed E-state index contributed by atoms with van der Waals surface area (Å²) < 4.78 is 29.3. The standard InChI is InChI=1S/C17H28BrN3O3S.HI/c1-5-19-17(21-13(2)10-11-25(4,22)23)20-12-14(3)24-16-9-7-6-8-15(16)18;/h6-9,13-14H,5,10-12H2,1-4H3,(H2,19,20,21);1H. The molecule has 0 fully saturated rings. The topological polar surface area (TPSA) is 79.8 Å². The van der Waals surface area contributed by atoms with E-state index in [1.807, 2.05) is 45.0 Å². The van der Waals surface area contributed by atoms with Crippen molar-refractivity contribution in [3.63, 3.8) is 0 Å². The van der Waals surface area contributed by atoms with Gasteiger partial charge in [0.15, 0.2) is 5.96 Å². The van der Waals surface area contributed by atoms with Crippen molar-refractivity contribution >= 4 is 55.7 Å². The summed E-state index contributed by atoms with van der Waals surface area (Å²) in [6.45, 7) is 7.09. The van der Waals surface area contributed by atoms with Gasteiger partial charge in [0.25, 0.3) is 0 Å². The van der Waals surface area contributed by atoms with Crippen LogP contribution in [0.1, 0.15) is 27.2 Å². The molecule has 1 rings (SSSR count). The Kier molecular flexibility index (Phi) is 12.5. The smallest absolute Gasteiger partial charge is 0.191 e. The molecule has 9 heteroatoms. The number of aliphatic imine (C=N–C) groups is 1. The Morgan fingerprint density at radius 2 is 1.96 bits per heavy atom. The lowest BCUT2D eigenvalue weighted by molar-refractivity contribution is 0.228. The van der Waals surface area contributed by atoms with Gasteiger partial charge in [0.2, 0.25) is 0 Å². The fraction of sp³-hybridized carbons (Fsp3) is 0.588. The van der Waals surface area contributed by atoms with Crippen LogP contribution in [0.5, 0.6) is 5.75 Å². The quantitative estimate of drug-likeness (QED) is 0.275. The first kappa shape index (κ1) is 25.4. The minimum atomic E-state index is -2.96. The molecule has 2 unspecified atom stereocenters. The van der Waals surface area contributed by atoms with Gasteiger partial charge in [0.1, 0.15) is 21.7 Å². The third kappa shape index (κ3) is 11.2. The van der Waals surface area contributed by atoms with Gasteiger partial charge < -0.3 is 15.4 Å². The van der Waals surface area contributed by atoms with Crippen LogP contribution in [-0.4, -0.2) is 51.6 Å². The minimum absolute atomic E-state index is 0. The van der Waals surface area contributed by atoms with E-state index in [1.54, 1.807) is 0 Å². The van der Waals surface area contributed by atoms with E-state index >= 15 is 0 Å². The van der Waals surface area contributed by atoms with Crippen LogP contribution in [0.25, 0.3) is 0 Å². The molecule has 0 amide bonds. The Hall–Kier alpha value is -0.550. The molecule has 26 heavy (non-hydrogen) atoms. The van der Waals surface area contributed by atoms with E-state index in [0.717, 1.165) is 16.8 Å². The Morgan fingerprint density at radius 1 is 1.31 bits per heavy atom. The minimum Gasteiger partial charge on any atom is -0.488 e. The fourth-order valence-electron chi connectivity index (χ4n) is 2.03. The molecule has 0 aliphatic carbocycles. The maximum Gasteiger partial charge on any atom is 0.191 e. The van der Waals surface area contributed by atoms with Crippen LogP contribution in [0.4, 0.5) is 0 Å². The summed E-state index contributed by atoms with van der Waals surface area (Å²) in [5.74, 6) is 1.60. The molecule has 0 aromatic heterocycles. The highest BCUT2D eigenvalue weighted by Crippen LogP contribution is 2.24. The largest absolute Gasteiger partial charge is 0.488 e. The van der Waals surface area contributed by atoms with Crippen LogP contribution in [0, 0.1) is 0 Å². The number of nitrogens with one attached hydrogen (secondary N) is 2. The first-order chi connectivity index (χ1) is 11.7. The Morgan fingerprint density at radius 3 is 2.54 bits per heavy atom. The maximum atomic E-state index is 11.3. The monoisotopic (exact) mass is 561 g/mol. The van der Waals surface area contributed by atoms with Crippen molar-refractivity contribution in [2.24, 2.45) is 4.99 Å². The fourth-order valence-corrected chi connectivity index (χ4v) is 3.19. The van der Waals surface area contributed by atoms with Gasteiger partial charge in [-0.25, -0.2) is 13.4 Å². The third-order valence-corrected chi connectivity index (χ3v) is 4.95. The van der Waals surface area contributed by atoms with Crippen molar-refractivity contribution in [3.8, 4) is 5.75 Å². The summed E-state index contributed by atoms with van der Waals surface area (Å²) in [6.07, 6.45) is 1.69. The average Bonchev–Trinajstić information content (AvgIpc) is 2.52. The van der Waals surface area contributed by atoms with Gasteiger partial charge in [-0.15, -0.1) is 24.0 Å². The van der Waals surface area contributed by atoms with Crippen molar-refractivity contribution in [2.75, 3.05) is 25.1 Å². The predicted octanol–water partition coefficient (Wildman–Crippen LogP) is 3.21. The van der Waals surface area contributed by atoms with Crippen molar-refractivity contribution < 1.29 is 13.2 Å². The molecule has 0 radical (unpaired) electrons. The number of hydrogen-bond donors (Lipinski definition) is 2. The summed E-state index contributed by atoms with van der Waals surface area (Å²) >= 11 is 3.46. The zero-order valence-corrected chi connectivity index (χ0v) is 20.4.